The van der Waals surface area contributed by atoms with Crippen molar-refractivity contribution in [2.75, 3.05) is 0 Å². The van der Waals surface area contributed by atoms with E-state index in [1.54, 1.807) is 0 Å². The average molecular weight is 383 g/mol. The van der Waals surface area contributed by atoms with Gasteiger partial charge in [-0.1, -0.05) is 13.8 Å². The van der Waals surface area contributed by atoms with Gasteiger partial charge in [0.15, 0.2) is 0 Å². The fourth-order valence-electron chi connectivity index (χ4n) is 7.30. The Hall–Kier alpha value is -0.610. The molecule has 0 aromatic rings. The number of hydrogen-bond acceptors (Lipinski definition) is 4. The number of fused-ring (bicyclic) bond motifs is 5. The summed E-state index contributed by atoms with van der Waals surface area (Å²) in [5.74, 6) is 1.33. The number of alkyl halides is 1. The third kappa shape index (κ3) is 2.37. The van der Waals surface area contributed by atoms with Gasteiger partial charge in [0.25, 0.3) is 0 Å². The number of ketones is 1. The normalized spacial score (nSPS) is 53.4. The van der Waals surface area contributed by atoms with E-state index in [4.69, 9.17) is 16.3 Å². The second-order valence-electron chi connectivity index (χ2n) is 9.80. The monoisotopic (exact) mass is 382 g/mol. The van der Waals surface area contributed by atoms with Crippen LogP contribution in [0.2, 0.25) is 0 Å². The van der Waals surface area contributed by atoms with Crippen LogP contribution in [0, 0.1) is 28.6 Å². The Balaban J connectivity index is 1.65. The van der Waals surface area contributed by atoms with E-state index in [0.717, 1.165) is 32.1 Å². The Labute approximate surface area is 161 Å². The van der Waals surface area contributed by atoms with Gasteiger partial charge in [-0.2, -0.15) is 0 Å². The minimum Gasteiger partial charge on any atom is -0.462 e. The molecule has 0 aromatic carbocycles. The van der Waals surface area contributed by atoms with Gasteiger partial charge in [0, 0.05) is 25.2 Å². The highest BCUT2D eigenvalue weighted by Crippen LogP contribution is 2.68. The highest BCUT2D eigenvalue weighted by atomic mass is 35.5. The van der Waals surface area contributed by atoms with Crippen LogP contribution in [0.25, 0.3) is 0 Å². The molecule has 4 saturated carbocycles. The molecule has 1 N–H and O–H groups in total. The van der Waals surface area contributed by atoms with Gasteiger partial charge in [-0.05, 0) is 61.7 Å². The van der Waals surface area contributed by atoms with Crippen LogP contribution in [-0.4, -0.2) is 33.9 Å². The zero-order chi connectivity index (χ0) is 18.9. The van der Waals surface area contributed by atoms with Crippen LogP contribution in [0.4, 0.5) is 0 Å². The van der Waals surface area contributed by atoms with Crippen molar-refractivity contribution in [3.05, 3.63) is 0 Å². The van der Waals surface area contributed by atoms with E-state index in [1.807, 2.05) is 0 Å². The molecule has 4 nitrogen and oxygen atoms in total. The number of Topliss-reactive ketones (excluding diaryl/α,β-unsaturated/α-hetero) is 1. The molecule has 4 rings (SSSR count). The molecule has 5 heteroatoms. The van der Waals surface area contributed by atoms with Gasteiger partial charge in [-0.25, -0.2) is 0 Å². The van der Waals surface area contributed by atoms with Crippen LogP contribution < -0.4 is 0 Å². The van der Waals surface area contributed by atoms with E-state index < -0.39 is 11.0 Å². The van der Waals surface area contributed by atoms with Crippen LogP contribution in [0.15, 0.2) is 0 Å². The maximum Gasteiger partial charge on any atom is 0.302 e. The number of esters is 1. The summed E-state index contributed by atoms with van der Waals surface area (Å²) in [5, 5.41) is 11.1. The quantitative estimate of drug-likeness (QED) is 0.552. The first-order chi connectivity index (χ1) is 12.1. The van der Waals surface area contributed by atoms with Crippen molar-refractivity contribution >= 4 is 23.4 Å². The smallest absolute Gasteiger partial charge is 0.302 e. The lowest BCUT2D eigenvalue weighted by molar-refractivity contribution is -0.171. The fourth-order valence-corrected chi connectivity index (χ4v) is 7.80. The van der Waals surface area contributed by atoms with E-state index in [9.17, 15) is 14.7 Å². The minimum atomic E-state index is -0.747. The summed E-state index contributed by atoms with van der Waals surface area (Å²) >= 11 is 7.16. The van der Waals surface area contributed by atoms with Crippen molar-refractivity contribution in [3.8, 4) is 0 Å². The topological polar surface area (TPSA) is 63.6 Å². The average Bonchev–Trinajstić information content (AvgIpc) is 2.86. The van der Waals surface area contributed by atoms with E-state index in [0.29, 0.717) is 42.8 Å². The molecule has 0 spiro atoms. The van der Waals surface area contributed by atoms with Gasteiger partial charge in [-0.15, -0.1) is 11.6 Å². The largest absolute Gasteiger partial charge is 0.462 e. The molecule has 0 saturated heterocycles. The maximum atomic E-state index is 12.5. The Morgan fingerprint density at radius 2 is 1.92 bits per heavy atom. The number of carbonyl (C=O) groups is 2. The van der Waals surface area contributed by atoms with Gasteiger partial charge < -0.3 is 9.84 Å². The van der Waals surface area contributed by atoms with Crippen molar-refractivity contribution < 1.29 is 19.4 Å². The lowest BCUT2D eigenvalue weighted by Gasteiger charge is -2.64. The number of hydrogen-bond donors (Lipinski definition) is 1. The molecule has 146 valence electrons. The van der Waals surface area contributed by atoms with E-state index in [1.165, 1.54) is 6.92 Å². The second-order valence-corrected chi connectivity index (χ2v) is 10.5. The summed E-state index contributed by atoms with van der Waals surface area (Å²) in [4.78, 5) is 23.2. The summed E-state index contributed by atoms with van der Waals surface area (Å²) in [5.41, 5.74) is -0.376. The lowest BCUT2D eigenvalue weighted by Crippen LogP contribution is -2.66. The van der Waals surface area contributed by atoms with E-state index in [2.05, 4.69) is 13.8 Å². The molecule has 0 radical (unpaired) electrons. The van der Waals surface area contributed by atoms with E-state index in [-0.39, 0.29) is 22.9 Å². The van der Waals surface area contributed by atoms with Gasteiger partial charge in [0.2, 0.25) is 0 Å². The minimum absolute atomic E-state index is 0.180. The van der Waals surface area contributed by atoms with Crippen LogP contribution in [0.5, 0.6) is 0 Å². The van der Waals surface area contributed by atoms with Gasteiger partial charge in [0.05, 0.1) is 11.0 Å². The summed E-state index contributed by atoms with van der Waals surface area (Å²) in [6.07, 6.45) is 5.66. The first kappa shape index (κ1) is 18.7. The number of ether oxygens (including phenoxy) is 1. The molecule has 0 unspecified atom stereocenters. The number of halogens is 1. The zero-order valence-corrected chi connectivity index (χ0v) is 16.8. The first-order valence-corrected chi connectivity index (χ1v) is 10.6. The van der Waals surface area contributed by atoms with Gasteiger partial charge >= 0.3 is 5.97 Å². The summed E-state index contributed by atoms with van der Waals surface area (Å²) in [6, 6.07) is 0. The van der Waals surface area contributed by atoms with Crippen molar-refractivity contribution in [1.29, 1.82) is 0 Å². The molecule has 0 heterocycles. The zero-order valence-electron chi connectivity index (χ0n) is 16.1. The lowest BCUT2D eigenvalue weighted by atomic mass is 9.44. The summed E-state index contributed by atoms with van der Waals surface area (Å²) in [6.45, 7) is 5.82. The molecule has 4 fully saturated rings. The molecule has 26 heavy (non-hydrogen) atoms. The molecule has 0 aliphatic heterocycles. The summed E-state index contributed by atoms with van der Waals surface area (Å²) < 4.78 is 5.46. The van der Waals surface area contributed by atoms with Crippen LogP contribution >= 0.6 is 11.6 Å². The highest BCUT2D eigenvalue weighted by Gasteiger charge is 2.67. The Kier molecular flexibility index (Phi) is 4.28. The highest BCUT2D eigenvalue weighted by molar-refractivity contribution is 6.25. The predicted octanol–water partition coefficient (Wildman–Crippen LogP) is 3.86. The van der Waals surface area contributed by atoms with Gasteiger partial charge in [-0.3, -0.25) is 9.59 Å². The molecular weight excluding hydrogens is 352 g/mol. The summed E-state index contributed by atoms with van der Waals surface area (Å²) in [7, 11) is 0. The third-order valence-electron chi connectivity index (χ3n) is 8.78. The van der Waals surface area contributed by atoms with Crippen LogP contribution in [-0.2, 0) is 14.3 Å². The molecular formula is C21H31ClO4. The molecule has 0 bridgehead atoms. The molecule has 4 aliphatic rings. The van der Waals surface area contributed by atoms with E-state index >= 15 is 0 Å². The van der Waals surface area contributed by atoms with Crippen molar-refractivity contribution in [3.63, 3.8) is 0 Å². The molecule has 0 aromatic heterocycles. The van der Waals surface area contributed by atoms with Gasteiger partial charge in [0.1, 0.15) is 11.9 Å². The standard InChI is InChI=1S/C21H31ClO4/c1-12(23)26-13-6-9-20(3)16-7-8-19(2)15(4-5-17(19)24)14(16)10-18(25)21(20,22)11-13/h13-16,18,25H,4-11H2,1-3H3/t13-,14-,15-,16-,18+,19-,20+,21-/m0/s1. The van der Waals surface area contributed by atoms with Crippen LogP contribution in [0.3, 0.4) is 0 Å². The Morgan fingerprint density at radius 1 is 1.19 bits per heavy atom. The Bertz CT molecular complexity index is 636. The molecule has 0 amide bonds. The van der Waals surface area contributed by atoms with Crippen molar-refractivity contribution in [2.45, 2.75) is 89.2 Å². The number of carbonyl (C=O) groups excluding carboxylic acids is 2. The van der Waals surface area contributed by atoms with Crippen LogP contribution in [0.1, 0.15) is 72.1 Å². The maximum absolute atomic E-state index is 12.5. The SMILES string of the molecule is CC(=O)O[C@H]1CC[C@]2(C)[C@H]3CC[C@]4(C)C(=O)CC[C@H]4[C@@H]3C[C@@H](O)[C@@]2(Cl)C1. The molecule has 8 atom stereocenters. The number of aliphatic hydroxyl groups is 1. The molecule has 4 aliphatic carbocycles. The predicted molar refractivity (Wildman–Crippen MR) is 98.8 cm³/mol. The second kappa shape index (κ2) is 5.94. The number of aliphatic hydroxyl groups excluding tert-OH is 1. The Morgan fingerprint density at radius 3 is 2.62 bits per heavy atom. The first-order valence-electron chi connectivity index (χ1n) is 10.2. The van der Waals surface area contributed by atoms with Crippen molar-refractivity contribution in [1.82, 2.24) is 0 Å². The van der Waals surface area contributed by atoms with Crippen molar-refractivity contribution in [2.24, 2.45) is 28.6 Å². The number of rotatable bonds is 1. The fraction of sp³-hybridized carbons (Fsp3) is 0.905. The third-order valence-corrected chi connectivity index (χ3v) is 9.62.